The maximum Gasteiger partial charge on any atom is 0.317 e. The van der Waals surface area contributed by atoms with E-state index in [1.807, 2.05) is 16.0 Å². The van der Waals surface area contributed by atoms with Crippen LogP contribution >= 0.6 is 24.8 Å². The number of amides is 1. The van der Waals surface area contributed by atoms with Crippen molar-refractivity contribution in [3.8, 4) is 0 Å². The van der Waals surface area contributed by atoms with Crippen molar-refractivity contribution in [1.29, 1.82) is 0 Å². The van der Waals surface area contributed by atoms with E-state index in [1.54, 1.807) is 0 Å². The smallest absolute Gasteiger partial charge is 0.317 e. The predicted molar refractivity (Wildman–Crippen MR) is 107 cm³/mol. The lowest BCUT2D eigenvalue weighted by Crippen LogP contribution is -2.47. The number of hydrogen-bond donors (Lipinski definition) is 2. The molecule has 9 nitrogen and oxygen atoms in total. The van der Waals surface area contributed by atoms with Crippen LogP contribution in [0.4, 0.5) is 0 Å². The van der Waals surface area contributed by atoms with Crippen LogP contribution in [0.3, 0.4) is 0 Å². The SMILES string of the molecule is Cl.Cl.O=C(O)CN1C[C@@H]2COC[C@H](C1)N(C(=O)c1cn3c(n1)CCNCC3)C2. The van der Waals surface area contributed by atoms with E-state index in [9.17, 15) is 9.59 Å². The van der Waals surface area contributed by atoms with E-state index < -0.39 is 5.97 Å². The molecule has 2 fully saturated rings. The minimum absolute atomic E-state index is 0. The first-order valence-corrected chi connectivity index (χ1v) is 9.20. The Morgan fingerprint density at radius 1 is 1.21 bits per heavy atom. The van der Waals surface area contributed by atoms with Gasteiger partial charge >= 0.3 is 5.97 Å². The second kappa shape index (κ2) is 9.89. The molecule has 3 aliphatic rings. The lowest BCUT2D eigenvalue weighted by atomic mass is 10.1. The molecule has 0 unspecified atom stereocenters. The van der Waals surface area contributed by atoms with Crippen molar-refractivity contribution >= 4 is 36.7 Å². The molecule has 0 aromatic carbocycles. The average Bonchev–Trinajstić information content (AvgIpc) is 2.74. The molecule has 1 aromatic heterocycles. The summed E-state index contributed by atoms with van der Waals surface area (Å²) in [5.74, 6) is 0.154. The maximum atomic E-state index is 13.2. The summed E-state index contributed by atoms with van der Waals surface area (Å²) in [6.07, 6.45) is 2.67. The van der Waals surface area contributed by atoms with Gasteiger partial charge in [0.2, 0.25) is 0 Å². The first-order chi connectivity index (χ1) is 12.6. The lowest BCUT2D eigenvalue weighted by Gasteiger charge is -2.30. The molecule has 2 N–H and O–H groups in total. The summed E-state index contributed by atoms with van der Waals surface area (Å²) >= 11 is 0. The Kier molecular flexibility index (Phi) is 8.08. The number of nitrogens with one attached hydrogen (secondary N) is 1. The van der Waals surface area contributed by atoms with Gasteiger partial charge in [0.15, 0.2) is 0 Å². The molecule has 3 aliphatic heterocycles. The molecule has 0 aliphatic carbocycles. The zero-order valence-corrected chi connectivity index (χ0v) is 17.2. The predicted octanol–water partition coefficient (Wildman–Crippen LogP) is -0.270. The van der Waals surface area contributed by atoms with E-state index in [4.69, 9.17) is 9.84 Å². The summed E-state index contributed by atoms with van der Waals surface area (Å²) in [6, 6.07) is -0.141. The number of imidazole rings is 1. The molecule has 0 radical (unpaired) electrons. The normalized spacial score (nSPS) is 24.8. The fourth-order valence-corrected chi connectivity index (χ4v) is 4.13. The summed E-state index contributed by atoms with van der Waals surface area (Å²) in [5.41, 5.74) is 0.485. The number of ether oxygens (including phenoxy) is 1. The highest BCUT2D eigenvalue weighted by Gasteiger charge is 2.37. The molecule has 1 aromatic rings. The summed E-state index contributed by atoms with van der Waals surface area (Å²) in [4.78, 5) is 32.6. The number of nitrogens with zero attached hydrogens (tertiary/aromatic N) is 4. The summed E-state index contributed by atoms with van der Waals surface area (Å²) in [7, 11) is 0. The van der Waals surface area contributed by atoms with Gasteiger partial charge in [-0.25, -0.2) is 4.98 Å². The van der Waals surface area contributed by atoms with E-state index in [1.165, 1.54) is 0 Å². The van der Waals surface area contributed by atoms with Gasteiger partial charge in [0.25, 0.3) is 5.91 Å². The summed E-state index contributed by atoms with van der Waals surface area (Å²) in [5, 5.41) is 12.4. The van der Waals surface area contributed by atoms with Gasteiger partial charge in [-0.15, -0.1) is 24.8 Å². The van der Waals surface area contributed by atoms with Crippen LogP contribution < -0.4 is 5.32 Å². The Morgan fingerprint density at radius 2 is 2.04 bits per heavy atom. The maximum absolute atomic E-state index is 13.2. The standard InChI is InChI=1S/C17H25N5O4.2ClH/c23-16(24)9-20-5-12-6-22(13(7-20)11-26-10-12)17(25)14-8-21-4-3-18-2-1-15(21)19-14;;/h8,12-13,18H,1-7,9-11H2,(H,23,24);2*1H/t12-,13-;;/m0../s1. The number of aromatic nitrogens is 2. The molecule has 2 atom stereocenters. The number of carbonyl (C=O) groups excluding carboxylic acids is 1. The minimum atomic E-state index is -0.838. The Bertz CT molecular complexity index is 678. The van der Waals surface area contributed by atoms with Crippen molar-refractivity contribution in [2.24, 2.45) is 5.92 Å². The van der Waals surface area contributed by atoms with Crippen molar-refractivity contribution in [2.75, 3.05) is 52.5 Å². The zero-order chi connectivity index (χ0) is 18.1. The van der Waals surface area contributed by atoms with Crippen molar-refractivity contribution in [3.63, 3.8) is 0 Å². The topological polar surface area (TPSA) is 99.9 Å². The fraction of sp³-hybridized carbons (Fsp3) is 0.706. The molecule has 158 valence electrons. The van der Waals surface area contributed by atoms with Gasteiger partial charge in [-0.05, 0) is 0 Å². The molecule has 4 heterocycles. The number of fused-ring (bicyclic) bond motifs is 4. The van der Waals surface area contributed by atoms with E-state index in [-0.39, 0.29) is 49.2 Å². The van der Waals surface area contributed by atoms with Crippen LogP contribution in [0.15, 0.2) is 6.20 Å². The highest BCUT2D eigenvalue weighted by atomic mass is 35.5. The average molecular weight is 436 g/mol. The number of aliphatic carboxylic acids is 1. The van der Waals surface area contributed by atoms with Crippen molar-refractivity contribution < 1.29 is 19.4 Å². The molecular weight excluding hydrogens is 409 g/mol. The number of hydrogen-bond acceptors (Lipinski definition) is 6. The van der Waals surface area contributed by atoms with Crippen LogP contribution in [0, 0.1) is 5.92 Å². The van der Waals surface area contributed by atoms with Crippen LogP contribution in [0.5, 0.6) is 0 Å². The van der Waals surface area contributed by atoms with Gasteiger partial charge in [0, 0.05) is 57.8 Å². The number of halogens is 2. The number of carboxylic acid groups (broad SMARTS) is 1. The molecule has 2 bridgehead atoms. The van der Waals surface area contributed by atoms with Gasteiger partial charge in [0.05, 0.1) is 25.8 Å². The van der Waals surface area contributed by atoms with Crippen LogP contribution in [-0.4, -0.2) is 94.9 Å². The van der Waals surface area contributed by atoms with E-state index in [2.05, 4.69) is 14.9 Å². The molecule has 0 saturated carbocycles. The first-order valence-electron chi connectivity index (χ1n) is 9.20. The third kappa shape index (κ3) is 4.96. The Labute approximate surface area is 176 Å². The summed E-state index contributed by atoms with van der Waals surface area (Å²) < 4.78 is 7.79. The minimum Gasteiger partial charge on any atom is -0.480 e. The van der Waals surface area contributed by atoms with E-state index in [0.717, 1.165) is 31.9 Å². The van der Waals surface area contributed by atoms with E-state index >= 15 is 0 Å². The first kappa shape index (κ1) is 22.9. The van der Waals surface area contributed by atoms with E-state index in [0.29, 0.717) is 38.5 Å². The van der Waals surface area contributed by atoms with Gasteiger partial charge in [-0.1, -0.05) is 0 Å². The van der Waals surface area contributed by atoms with Crippen LogP contribution in [0.25, 0.3) is 0 Å². The molecule has 11 heteroatoms. The number of carboxylic acids is 1. The summed E-state index contributed by atoms with van der Waals surface area (Å²) in [6.45, 7) is 5.31. The van der Waals surface area contributed by atoms with Crippen molar-refractivity contribution in [1.82, 2.24) is 24.7 Å². The zero-order valence-electron chi connectivity index (χ0n) is 15.6. The molecule has 2 saturated heterocycles. The van der Waals surface area contributed by atoms with Crippen molar-refractivity contribution in [3.05, 3.63) is 17.7 Å². The highest BCUT2D eigenvalue weighted by Crippen LogP contribution is 2.22. The monoisotopic (exact) mass is 435 g/mol. The van der Waals surface area contributed by atoms with Crippen molar-refractivity contribution in [2.45, 2.75) is 19.0 Å². The van der Waals surface area contributed by atoms with Gasteiger partial charge in [-0.3, -0.25) is 14.5 Å². The van der Waals surface area contributed by atoms with Crippen LogP contribution in [0.1, 0.15) is 16.3 Å². The third-order valence-electron chi connectivity index (χ3n) is 5.30. The molecular formula is C17H27Cl2N5O4. The number of rotatable bonds is 3. The highest BCUT2D eigenvalue weighted by molar-refractivity contribution is 5.92. The molecule has 28 heavy (non-hydrogen) atoms. The van der Waals surface area contributed by atoms with Gasteiger partial charge in [-0.2, -0.15) is 0 Å². The van der Waals surface area contributed by atoms with Gasteiger partial charge < -0.3 is 24.6 Å². The Morgan fingerprint density at radius 3 is 2.82 bits per heavy atom. The second-order valence-corrected chi connectivity index (χ2v) is 7.34. The Balaban J connectivity index is 0.00000140. The number of carbonyl (C=O) groups is 2. The molecule has 0 spiro atoms. The fourth-order valence-electron chi connectivity index (χ4n) is 4.13. The Hall–Kier alpha value is -1.39. The van der Waals surface area contributed by atoms with Crippen LogP contribution in [0.2, 0.25) is 0 Å². The molecule has 4 rings (SSSR count). The molecule has 1 amide bonds. The van der Waals surface area contributed by atoms with Gasteiger partial charge in [0.1, 0.15) is 11.5 Å². The second-order valence-electron chi connectivity index (χ2n) is 7.34. The third-order valence-corrected chi connectivity index (χ3v) is 5.30. The van der Waals surface area contributed by atoms with Crippen LogP contribution in [-0.2, 0) is 22.5 Å². The lowest BCUT2D eigenvalue weighted by molar-refractivity contribution is -0.138. The quantitative estimate of drug-likeness (QED) is 0.673. The largest absolute Gasteiger partial charge is 0.480 e.